The molecule has 0 saturated carbocycles. The van der Waals surface area contributed by atoms with Crippen molar-refractivity contribution in [2.45, 2.75) is 18.6 Å². The zero-order chi connectivity index (χ0) is 7.56. The van der Waals surface area contributed by atoms with Crippen molar-refractivity contribution in [3.05, 3.63) is 0 Å². The molecule has 3 heteroatoms. The van der Waals surface area contributed by atoms with Gasteiger partial charge in [0.1, 0.15) is 0 Å². The summed E-state index contributed by atoms with van der Waals surface area (Å²) in [6.45, 7) is 1.82. The third kappa shape index (κ3) is 1.68. The van der Waals surface area contributed by atoms with E-state index in [0.717, 1.165) is 19.5 Å². The molecule has 1 saturated heterocycles. The van der Waals surface area contributed by atoms with Gasteiger partial charge in [0.25, 0.3) is 0 Å². The van der Waals surface area contributed by atoms with Gasteiger partial charge in [-0.2, -0.15) is 0 Å². The third-order valence-electron chi connectivity index (χ3n) is 2.03. The van der Waals surface area contributed by atoms with E-state index in [1.807, 2.05) is 7.05 Å². The molecule has 0 radical (unpaired) electrons. The second-order valence-corrected chi connectivity index (χ2v) is 2.89. The highest BCUT2D eigenvalue weighted by Gasteiger charge is 2.24. The molecule has 0 spiro atoms. The number of hydrogen-bond donors (Lipinski definition) is 1. The van der Waals surface area contributed by atoms with Gasteiger partial charge in [0.15, 0.2) is 0 Å². The van der Waals surface area contributed by atoms with Crippen molar-refractivity contribution in [1.29, 1.82) is 0 Å². The lowest BCUT2D eigenvalue weighted by atomic mass is 10.1. The predicted molar refractivity (Wildman–Crippen MR) is 38.9 cm³/mol. The normalized spacial score (nSPS) is 36.3. The van der Waals surface area contributed by atoms with Crippen LogP contribution in [0, 0.1) is 0 Å². The average molecular weight is 145 g/mol. The van der Waals surface area contributed by atoms with Crippen LogP contribution in [0.25, 0.3) is 0 Å². The molecule has 1 fully saturated rings. The molecule has 0 amide bonds. The Hall–Kier alpha value is -0.120. The highest BCUT2D eigenvalue weighted by molar-refractivity contribution is 4.78. The lowest BCUT2D eigenvalue weighted by Gasteiger charge is -2.32. The van der Waals surface area contributed by atoms with Gasteiger partial charge in [0.2, 0.25) is 0 Å². The summed E-state index contributed by atoms with van der Waals surface area (Å²) < 4.78 is 5.08. The van der Waals surface area contributed by atoms with Gasteiger partial charge in [-0.1, -0.05) is 0 Å². The first-order valence-electron chi connectivity index (χ1n) is 3.63. The van der Waals surface area contributed by atoms with E-state index in [1.165, 1.54) is 0 Å². The monoisotopic (exact) mass is 145 g/mol. The van der Waals surface area contributed by atoms with Crippen LogP contribution in [0.1, 0.15) is 6.42 Å². The first kappa shape index (κ1) is 7.98. The Labute approximate surface area is 61.6 Å². The fourth-order valence-corrected chi connectivity index (χ4v) is 1.29. The van der Waals surface area contributed by atoms with Crippen molar-refractivity contribution in [2.24, 2.45) is 0 Å². The highest BCUT2D eigenvalue weighted by Crippen LogP contribution is 2.11. The van der Waals surface area contributed by atoms with Crippen molar-refractivity contribution in [3.63, 3.8) is 0 Å². The molecule has 3 nitrogen and oxygen atoms in total. The first-order chi connectivity index (χ1) is 4.74. The molecule has 1 aliphatic heterocycles. The minimum atomic E-state index is -0.263. The van der Waals surface area contributed by atoms with Gasteiger partial charge in [-0.25, -0.2) is 0 Å². The highest BCUT2D eigenvalue weighted by atomic mass is 16.5. The van der Waals surface area contributed by atoms with Gasteiger partial charge in [-0.15, -0.1) is 0 Å². The van der Waals surface area contributed by atoms with Crippen LogP contribution in [-0.2, 0) is 4.74 Å². The topological polar surface area (TPSA) is 32.7 Å². The smallest absolute Gasteiger partial charge is 0.0956 e. The molecular formula is C7H15NO2. The molecule has 2 atom stereocenters. The van der Waals surface area contributed by atoms with E-state index < -0.39 is 0 Å². The van der Waals surface area contributed by atoms with Crippen molar-refractivity contribution >= 4 is 0 Å². The standard InChI is InChI=1S/C7H15NO2/c1-8-4-3-6(9)7(5-8)10-2/h6-7,9H,3-5H2,1-2H3/t6-,7+/m0/s1. The van der Waals surface area contributed by atoms with Crippen LogP contribution in [0.4, 0.5) is 0 Å². The molecule has 0 aromatic carbocycles. The van der Waals surface area contributed by atoms with E-state index in [4.69, 9.17) is 4.74 Å². The number of rotatable bonds is 1. The molecule has 0 aromatic rings. The molecule has 0 bridgehead atoms. The maximum atomic E-state index is 9.34. The Morgan fingerprint density at radius 3 is 2.80 bits per heavy atom. The second kappa shape index (κ2) is 3.32. The molecule has 1 aliphatic rings. The van der Waals surface area contributed by atoms with Crippen LogP contribution in [0.3, 0.4) is 0 Å². The van der Waals surface area contributed by atoms with Gasteiger partial charge in [-0.05, 0) is 13.5 Å². The Morgan fingerprint density at radius 2 is 2.30 bits per heavy atom. The minimum absolute atomic E-state index is 0.0127. The van der Waals surface area contributed by atoms with Gasteiger partial charge < -0.3 is 14.7 Å². The zero-order valence-electron chi connectivity index (χ0n) is 6.58. The first-order valence-corrected chi connectivity index (χ1v) is 3.63. The van der Waals surface area contributed by atoms with E-state index in [0.29, 0.717) is 0 Å². The summed E-state index contributed by atoms with van der Waals surface area (Å²) in [4.78, 5) is 2.17. The number of hydrogen-bond acceptors (Lipinski definition) is 3. The molecular weight excluding hydrogens is 130 g/mol. The maximum Gasteiger partial charge on any atom is 0.0956 e. The lowest BCUT2D eigenvalue weighted by Crippen LogP contribution is -2.45. The number of ether oxygens (including phenoxy) is 1. The van der Waals surface area contributed by atoms with Crippen LogP contribution in [0.15, 0.2) is 0 Å². The minimum Gasteiger partial charge on any atom is -0.390 e. The van der Waals surface area contributed by atoms with Crippen molar-refractivity contribution in [2.75, 3.05) is 27.2 Å². The van der Waals surface area contributed by atoms with Crippen LogP contribution < -0.4 is 0 Å². The van der Waals surface area contributed by atoms with Crippen LogP contribution in [0.5, 0.6) is 0 Å². The Bertz CT molecular complexity index is 108. The van der Waals surface area contributed by atoms with Gasteiger partial charge in [0, 0.05) is 20.2 Å². The summed E-state index contributed by atoms with van der Waals surface area (Å²) in [5.74, 6) is 0. The van der Waals surface area contributed by atoms with Crippen molar-refractivity contribution < 1.29 is 9.84 Å². The zero-order valence-corrected chi connectivity index (χ0v) is 6.58. The van der Waals surface area contributed by atoms with Crippen LogP contribution in [-0.4, -0.2) is 49.5 Å². The average Bonchev–Trinajstić information content (AvgIpc) is 1.94. The molecule has 0 unspecified atom stereocenters. The van der Waals surface area contributed by atoms with E-state index in [-0.39, 0.29) is 12.2 Å². The molecule has 60 valence electrons. The summed E-state index contributed by atoms with van der Waals surface area (Å²) in [6, 6.07) is 0. The molecule has 0 aliphatic carbocycles. The van der Waals surface area contributed by atoms with Crippen molar-refractivity contribution in [3.8, 4) is 0 Å². The van der Waals surface area contributed by atoms with Gasteiger partial charge >= 0.3 is 0 Å². The summed E-state index contributed by atoms with van der Waals surface area (Å²) in [5, 5.41) is 9.34. The predicted octanol–water partition coefficient (Wildman–Crippen LogP) is -0.302. The summed E-state index contributed by atoms with van der Waals surface area (Å²) in [6.07, 6.45) is 0.578. The van der Waals surface area contributed by atoms with Gasteiger partial charge in [0.05, 0.1) is 12.2 Å². The Kier molecular flexibility index (Phi) is 2.65. The van der Waals surface area contributed by atoms with Crippen LogP contribution in [0.2, 0.25) is 0 Å². The molecule has 1 N–H and O–H groups in total. The summed E-state index contributed by atoms with van der Waals surface area (Å²) in [5.41, 5.74) is 0. The Morgan fingerprint density at radius 1 is 1.60 bits per heavy atom. The number of aliphatic hydroxyl groups is 1. The van der Waals surface area contributed by atoms with Crippen molar-refractivity contribution in [1.82, 2.24) is 4.90 Å². The van der Waals surface area contributed by atoms with E-state index in [9.17, 15) is 5.11 Å². The number of likely N-dealkylation sites (N-methyl/N-ethyl adjacent to an activating group) is 1. The fourth-order valence-electron chi connectivity index (χ4n) is 1.29. The third-order valence-corrected chi connectivity index (χ3v) is 2.03. The quantitative estimate of drug-likeness (QED) is 0.550. The Balaban J connectivity index is 2.38. The SMILES string of the molecule is CO[C@@H]1CN(C)CC[C@@H]1O. The summed E-state index contributed by atoms with van der Waals surface area (Å²) >= 11 is 0. The number of methoxy groups -OCH3 is 1. The van der Waals surface area contributed by atoms with E-state index in [1.54, 1.807) is 7.11 Å². The summed E-state index contributed by atoms with van der Waals surface area (Å²) in [7, 11) is 3.69. The van der Waals surface area contributed by atoms with E-state index in [2.05, 4.69) is 4.90 Å². The fraction of sp³-hybridized carbons (Fsp3) is 1.00. The molecule has 10 heavy (non-hydrogen) atoms. The largest absolute Gasteiger partial charge is 0.390 e. The second-order valence-electron chi connectivity index (χ2n) is 2.89. The molecule has 0 aromatic heterocycles. The number of aliphatic hydroxyl groups excluding tert-OH is 1. The van der Waals surface area contributed by atoms with E-state index >= 15 is 0 Å². The molecule has 1 rings (SSSR count). The van der Waals surface area contributed by atoms with Gasteiger partial charge in [-0.3, -0.25) is 0 Å². The lowest BCUT2D eigenvalue weighted by molar-refractivity contribution is -0.0553. The number of nitrogens with zero attached hydrogens (tertiary/aromatic N) is 1. The van der Waals surface area contributed by atoms with Crippen LogP contribution >= 0.6 is 0 Å². The number of likely N-dealkylation sites (tertiary alicyclic amines) is 1. The molecule has 1 heterocycles. The maximum absolute atomic E-state index is 9.34. The number of piperidine rings is 1.